The first-order valence-corrected chi connectivity index (χ1v) is 9.77. The van der Waals surface area contributed by atoms with Crippen molar-refractivity contribution in [2.75, 3.05) is 13.1 Å². The molecule has 23 heavy (non-hydrogen) atoms. The van der Waals surface area contributed by atoms with Gasteiger partial charge in [0, 0.05) is 24.4 Å². The summed E-state index contributed by atoms with van der Waals surface area (Å²) >= 11 is 3.15. The maximum atomic E-state index is 12.5. The van der Waals surface area contributed by atoms with Gasteiger partial charge in [-0.25, -0.2) is 4.98 Å². The fourth-order valence-electron chi connectivity index (χ4n) is 2.68. The number of carbonyl (C=O) groups is 1. The molecule has 0 saturated carbocycles. The second-order valence-corrected chi connectivity index (χ2v) is 8.43. The molecule has 1 aliphatic heterocycles. The van der Waals surface area contributed by atoms with Gasteiger partial charge in [0.25, 0.3) is 0 Å². The second kappa shape index (κ2) is 7.49. The summed E-state index contributed by atoms with van der Waals surface area (Å²) in [5.74, 6) is 1.78. The van der Waals surface area contributed by atoms with E-state index in [4.69, 9.17) is 0 Å². The highest BCUT2D eigenvalue weighted by Crippen LogP contribution is 2.24. The number of amides is 1. The molecule has 124 valence electrons. The number of H-pyrrole nitrogens is 1. The van der Waals surface area contributed by atoms with Crippen molar-refractivity contribution >= 4 is 29.0 Å². The summed E-state index contributed by atoms with van der Waals surface area (Å²) in [6, 6.07) is 4.12. The lowest BCUT2D eigenvalue weighted by Crippen LogP contribution is -2.41. The van der Waals surface area contributed by atoms with E-state index in [9.17, 15) is 4.79 Å². The van der Waals surface area contributed by atoms with E-state index in [0.717, 1.165) is 44.1 Å². The van der Waals surface area contributed by atoms with E-state index in [1.807, 2.05) is 17.9 Å². The molecule has 2 aromatic rings. The van der Waals surface area contributed by atoms with Gasteiger partial charge in [0.2, 0.25) is 11.1 Å². The summed E-state index contributed by atoms with van der Waals surface area (Å²) in [6.07, 6.45) is 2.97. The summed E-state index contributed by atoms with van der Waals surface area (Å²) in [7, 11) is 0. The second-order valence-electron chi connectivity index (χ2n) is 6.09. The monoisotopic (exact) mass is 350 g/mol. The Morgan fingerprint density at radius 1 is 1.52 bits per heavy atom. The van der Waals surface area contributed by atoms with Gasteiger partial charge in [0.1, 0.15) is 5.82 Å². The SMILES string of the molecule is CC1CCN(C(=O)C(C)Sc2n[nH]c(Cc3cccs3)n2)CC1. The van der Waals surface area contributed by atoms with Crippen molar-refractivity contribution in [3.05, 3.63) is 28.2 Å². The number of nitrogens with zero attached hydrogens (tertiary/aromatic N) is 3. The van der Waals surface area contributed by atoms with E-state index >= 15 is 0 Å². The summed E-state index contributed by atoms with van der Waals surface area (Å²) in [5.41, 5.74) is 0. The summed E-state index contributed by atoms with van der Waals surface area (Å²) in [5, 5.41) is 9.78. The van der Waals surface area contributed by atoms with Gasteiger partial charge in [-0.2, -0.15) is 0 Å². The molecule has 0 spiro atoms. The number of nitrogens with one attached hydrogen (secondary N) is 1. The van der Waals surface area contributed by atoms with Gasteiger partial charge in [0.15, 0.2) is 0 Å². The molecule has 0 aromatic carbocycles. The number of aromatic nitrogens is 3. The zero-order valence-electron chi connectivity index (χ0n) is 13.5. The minimum absolute atomic E-state index is 0.145. The Balaban J connectivity index is 1.54. The van der Waals surface area contributed by atoms with Crippen LogP contribution in [0.1, 0.15) is 37.4 Å². The van der Waals surface area contributed by atoms with Crippen LogP contribution in [0, 0.1) is 5.92 Å². The van der Waals surface area contributed by atoms with Crippen LogP contribution in [0.25, 0.3) is 0 Å². The van der Waals surface area contributed by atoms with Crippen molar-refractivity contribution in [2.45, 2.75) is 43.5 Å². The van der Waals surface area contributed by atoms with Crippen LogP contribution >= 0.6 is 23.1 Å². The van der Waals surface area contributed by atoms with Gasteiger partial charge in [-0.1, -0.05) is 24.8 Å². The number of likely N-dealkylation sites (tertiary alicyclic amines) is 1. The highest BCUT2D eigenvalue weighted by Gasteiger charge is 2.26. The Morgan fingerprint density at radius 3 is 3.00 bits per heavy atom. The van der Waals surface area contributed by atoms with Crippen molar-refractivity contribution < 1.29 is 4.79 Å². The molecule has 1 saturated heterocycles. The molecule has 1 N–H and O–H groups in total. The molecule has 1 fully saturated rings. The normalized spacial score (nSPS) is 17.4. The average Bonchev–Trinajstić information content (AvgIpc) is 3.20. The predicted octanol–water partition coefficient (Wildman–Crippen LogP) is 3.20. The highest BCUT2D eigenvalue weighted by atomic mass is 32.2. The molecule has 5 nitrogen and oxygen atoms in total. The van der Waals surface area contributed by atoms with Crippen LogP contribution in [0.4, 0.5) is 0 Å². The number of aromatic amines is 1. The average molecular weight is 351 g/mol. The topological polar surface area (TPSA) is 61.9 Å². The maximum absolute atomic E-state index is 12.5. The number of hydrogen-bond acceptors (Lipinski definition) is 5. The molecule has 3 rings (SSSR count). The fourth-order valence-corrected chi connectivity index (χ4v) is 4.22. The van der Waals surface area contributed by atoms with Crippen LogP contribution in [-0.2, 0) is 11.2 Å². The molecule has 1 unspecified atom stereocenters. The van der Waals surface area contributed by atoms with E-state index in [-0.39, 0.29) is 11.2 Å². The first kappa shape index (κ1) is 16.5. The molecular formula is C16H22N4OS2. The van der Waals surface area contributed by atoms with E-state index < -0.39 is 0 Å². The Bertz CT molecular complexity index is 632. The molecule has 0 radical (unpaired) electrons. The van der Waals surface area contributed by atoms with Crippen LogP contribution in [0.3, 0.4) is 0 Å². The number of rotatable bonds is 5. The molecule has 1 atom stereocenters. The van der Waals surface area contributed by atoms with E-state index in [1.54, 1.807) is 11.3 Å². The highest BCUT2D eigenvalue weighted by molar-refractivity contribution is 8.00. The third kappa shape index (κ3) is 4.35. The van der Waals surface area contributed by atoms with E-state index in [1.165, 1.54) is 16.6 Å². The lowest BCUT2D eigenvalue weighted by atomic mass is 9.99. The molecular weight excluding hydrogens is 328 g/mol. The van der Waals surface area contributed by atoms with Gasteiger partial charge in [-0.15, -0.1) is 16.4 Å². The Labute approximate surface area is 144 Å². The lowest BCUT2D eigenvalue weighted by molar-refractivity contribution is -0.131. The smallest absolute Gasteiger partial charge is 0.235 e. The number of thiophene rings is 1. The number of piperidine rings is 1. The first-order chi connectivity index (χ1) is 11.1. The molecule has 7 heteroatoms. The molecule has 2 aromatic heterocycles. The zero-order chi connectivity index (χ0) is 16.2. The molecule has 0 bridgehead atoms. The largest absolute Gasteiger partial charge is 0.342 e. The minimum atomic E-state index is -0.145. The third-order valence-electron chi connectivity index (χ3n) is 4.16. The summed E-state index contributed by atoms with van der Waals surface area (Å²) < 4.78 is 0. The van der Waals surface area contributed by atoms with Crippen molar-refractivity contribution in [1.29, 1.82) is 0 Å². The molecule has 1 aliphatic rings. The fraction of sp³-hybridized carbons (Fsp3) is 0.562. The van der Waals surface area contributed by atoms with Gasteiger partial charge >= 0.3 is 0 Å². The zero-order valence-corrected chi connectivity index (χ0v) is 15.1. The van der Waals surface area contributed by atoms with Crippen LogP contribution in [0.15, 0.2) is 22.7 Å². The van der Waals surface area contributed by atoms with Gasteiger partial charge in [0.05, 0.1) is 5.25 Å². The number of thioether (sulfide) groups is 1. The summed E-state index contributed by atoms with van der Waals surface area (Å²) in [6.45, 7) is 5.95. The third-order valence-corrected chi connectivity index (χ3v) is 5.98. The minimum Gasteiger partial charge on any atom is -0.342 e. The Hall–Kier alpha value is -1.34. The van der Waals surface area contributed by atoms with Crippen molar-refractivity contribution in [3.8, 4) is 0 Å². The predicted molar refractivity (Wildman–Crippen MR) is 93.8 cm³/mol. The van der Waals surface area contributed by atoms with Gasteiger partial charge in [-0.05, 0) is 37.1 Å². The van der Waals surface area contributed by atoms with E-state index in [2.05, 4.69) is 33.6 Å². The van der Waals surface area contributed by atoms with Crippen molar-refractivity contribution in [2.24, 2.45) is 5.92 Å². The molecule has 0 aliphatic carbocycles. The van der Waals surface area contributed by atoms with Crippen LogP contribution in [0.2, 0.25) is 0 Å². The van der Waals surface area contributed by atoms with Crippen LogP contribution < -0.4 is 0 Å². The van der Waals surface area contributed by atoms with Crippen molar-refractivity contribution in [3.63, 3.8) is 0 Å². The maximum Gasteiger partial charge on any atom is 0.235 e. The quantitative estimate of drug-likeness (QED) is 0.841. The Kier molecular flexibility index (Phi) is 5.38. The number of hydrogen-bond donors (Lipinski definition) is 1. The van der Waals surface area contributed by atoms with Gasteiger partial charge < -0.3 is 4.90 Å². The molecule has 1 amide bonds. The first-order valence-electron chi connectivity index (χ1n) is 8.01. The van der Waals surface area contributed by atoms with Crippen molar-refractivity contribution in [1.82, 2.24) is 20.1 Å². The lowest BCUT2D eigenvalue weighted by Gasteiger charge is -2.31. The van der Waals surface area contributed by atoms with Crippen LogP contribution in [0.5, 0.6) is 0 Å². The Morgan fingerprint density at radius 2 is 2.30 bits per heavy atom. The molecule has 3 heterocycles. The number of carbonyl (C=O) groups excluding carboxylic acids is 1. The van der Waals surface area contributed by atoms with E-state index in [0.29, 0.717) is 5.16 Å². The summed E-state index contributed by atoms with van der Waals surface area (Å²) in [4.78, 5) is 20.2. The van der Waals surface area contributed by atoms with Gasteiger partial charge in [-0.3, -0.25) is 9.89 Å². The standard InChI is InChI=1S/C16H22N4OS2/c1-11-5-7-20(8-6-11)15(21)12(2)23-16-17-14(18-19-16)10-13-4-3-9-22-13/h3-4,9,11-12H,5-8,10H2,1-2H3,(H,17,18,19). The van der Waals surface area contributed by atoms with Crippen LogP contribution in [-0.4, -0.2) is 44.3 Å².